The van der Waals surface area contributed by atoms with Crippen LogP contribution < -0.4 is 19.1 Å². The fraction of sp³-hybridized carbons (Fsp3) is 0.364. The zero-order valence-electron chi connectivity index (χ0n) is 16.4. The summed E-state index contributed by atoms with van der Waals surface area (Å²) in [6.07, 6.45) is 4.32. The molecule has 1 unspecified atom stereocenters. The smallest absolute Gasteiger partial charge is 0.133 e. The van der Waals surface area contributed by atoms with Crippen molar-refractivity contribution in [2.24, 2.45) is 0 Å². The van der Waals surface area contributed by atoms with Gasteiger partial charge in [0.2, 0.25) is 0 Å². The molecule has 1 heterocycles. The van der Waals surface area contributed by atoms with Gasteiger partial charge in [-0.2, -0.15) is 0 Å². The van der Waals surface area contributed by atoms with Crippen LogP contribution in [0.3, 0.4) is 0 Å². The minimum Gasteiger partial charge on any atom is -0.496 e. The van der Waals surface area contributed by atoms with Crippen LogP contribution in [-0.4, -0.2) is 34.4 Å². The van der Waals surface area contributed by atoms with E-state index in [0.717, 1.165) is 17.1 Å². The highest BCUT2D eigenvalue weighted by Gasteiger charge is 2.41. The van der Waals surface area contributed by atoms with Gasteiger partial charge in [0.15, 0.2) is 0 Å². The summed E-state index contributed by atoms with van der Waals surface area (Å²) in [6, 6.07) is 12.6. The quantitative estimate of drug-likeness (QED) is 0.791. The summed E-state index contributed by atoms with van der Waals surface area (Å²) in [6.45, 7) is 4.57. The maximum absolute atomic E-state index is 5.56. The van der Waals surface area contributed by atoms with Gasteiger partial charge in [0, 0.05) is 30.3 Å². The first kappa shape index (κ1) is 18.2. The van der Waals surface area contributed by atoms with Gasteiger partial charge < -0.3 is 19.1 Å². The van der Waals surface area contributed by atoms with Crippen LogP contribution in [0.4, 0.5) is 5.69 Å². The van der Waals surface area contributed by atoms with E-state index in [4.69, 9.17) is 14.2 Å². The third kappa shape index (κ3) is 2.90. The highest BCUT2D eigenvalue weighted by molar-refractivity contribution is 5.70. The Bertz CT molecular complexity index is 801. The van der Waals surface area contributed by atoms with Crippen LogP contribution in [0.5, 0.6) is 17.2 Å². The molecule has 4 nitrogen and oxygen atoms in total. The zero-order chi connectivity index (χ0) is 18.9. The van der Waals surface area contributed by atoms with E-state index in [1.807, 2.05) is 12.1 Å². The van der Waals surface area contributed by atoms with Crippen LogP contribution in [0, 0.1) is 0 Å². The topological polar surface area (TPSA) is 30.9 Å². The number of anilines is 1. The van der Waals surface area contributed by atoms with Crippen molar-refractivity contribution in [3.8, 4) is 17.2 Å². The molecular formula is C22H27NO3. The molecule has 0 saturated heterocycles. The first-order valence-corrected chi connectivity index (χ1v) is 8.74. The van der Waals surface area contributed by atoms with Gasteiger partial charge in [0.1, 0.15) is 17.2 Å². The first-order chi connectivity index (χ1) is 12.4. The van der Waals surface area contributed by atoms with E-state index in [0.29, 0.717) is 5.75 Å². The Morgan fingerprint density at radius 1 is 0.962 bits per heavy atom. The predicted octanol–water partition coefficient (Wildman–Crippen LogP) is 4.52. The molecule has 0 N–H and O–H groups in total. The van der Waals surface area contributed by atoms with Gasteiger partial charge in [-0.15, -0.1) is 0 Å². The predicted molar refractivity (Wildman–Crippen MR) is 107 cm³/mol. The number of nitrogens with zero attached hydrogens (tertiary/aromatic N) is 1. The van der Waals surface area contributed by atoms with Crippen LogP contribution in [0.2, 0.25) is 0 Å². The molecule has 0 amide bonds. The molecule has 26 heavy (non-hydrogen) atoms. The van der Waals surface area contributed by atoms with E-state index < -0.39 is 0 Å². The molecule has 3 rings (SSSR count). The second-order valence-electron chi connectivity index (χ2n) is 7.10. The van der Waals surface area contributed by atoms with E-state index in [2.05, 4.69) is 62.2 Å². The Kier molecular flexibility index (Phi) is 4.86. The van der Waals surface area contributed by atoms with E-state index >= 15 is 0 Å². The Morgan fingerprint density at radius 2 is 1.58 bits per heavy atom. The molecule has 0 aromatic heterocycles. The number of rotatable bonds is 5. The second kappa shape index (κ2) is 6.94. The highest BCUT2D eigenvalue weighted by Crippen LogP contribution is 2.45. The maximum Gasteiger partial charge on any atom is 0.133 e. The molecule has 2 aromatic carbocycles. The molecule has 4 heteroatoms. The Hall–Kier alpha value is -2.62. The van der Waals surface area contributed by atoms with E-state index in [9.17, 15) is 0 Å². The van der Waals surface area contributed by atoms with Crippen molar-refractivity contribution in [2.75, 3.05) is 33.3 Å². The normalized spacial score (nSPS) is 18.1. The van der Waals surface area contributed by atoms with Crippen molar-refractivity contribution < 1.29 is 14.2 Å². The van der Waals surface area contributed by atoms with Gasteiger partial charge in [0.05, 0.1) is 32.9 Å². The van der Waals surface area contributed by atoms with E-state index in [1.54, 1.807) is 21.3 Å². The molecule has 2 aromatic rings. The average Bonchev–Trinajstić information content (AvgIpc) is 2.85. The number of benzene rings is 2. The maximum atomic E-state index is 5.56. The van der Waals surface area contributed by atoms with Gasteiger partial charge in [-0.05, 0) is 17.7 Å². The van der Waals surface area contributed by atoms with Gasteiger partial charge in [-0.1, -0.05) is 38.1 Å². The molecule has 1 aliphatic rings. The minimum absolute atomic E-state index is 0.00871. The van der Waals surface area contributed by atoms with Crippen molar-refractivity contribution >= 4 is 11.8 Å². The third-order valence-electron chi connectivity index (χ3n) is 5.33. The van der Waals surface area contributed by atoms with Gasteiger partial charge in [-0.25, -0.2) is 0 Å². The van der Waals surface area contributed by atoms with Crippen molar-refractivity contribution in [1.82, 2.24) is 0 Å². The van der Waals surface area contributed by atoms with Gasteiger partial charge in [0.25, 0.3) is 0 Å². The molecule has 0 fully saturated rings. The third-order valence-corrected chi connectivity index (χ3v) is 5.33. The second-order valence-corrected chi connectivity index (χ2v) is 7.10. The van der Waals surface area contributed by atoms with Crippen molar-refractivity contribution in [1.29, 1.82) is 0 Å². The molecule has 1 aliphatic heterocycles. The SMILES string of the molecule is COc1cc(OC)c(C=CC2N(C)c3ccccc3C2(C)C)c(OC)c1. The number of hydrogen-bond acceptors (Lipinski definition) is 4. The van der Waals surface area contributed by atoms with Crippen LogP contribution in [0.25, 0.3) is 6.08 Å². The van der Waals surface area contributed by atoms with Gasteiger partial charge >= 0.3 is 0 Å². The Balaban J connectivity index is 2.01. The number of hydrogen-bond donors (Lipinski definition) is 0. The first-order valence-electron chi connectivity index (χ1n) is 8.74. The lowest BCUT2D eigenvalue weighted by Crippen LogP contribution is -2.37. The lowest BCUT2D eigenvalue weighted by atomic mass is 9.80. The van der Waals surface area contributed by atoms with Crippen molar-refractivity contribution in [3.05, 3.63) is 53.6 Å². The largest absolute Gasteiger partial charge is 0.496 e. The fourth-order valence-corrected chi connectivity index (χ4v) is 3.87. The van der Waals surface area contributed by atoms with E-state index in [1.165, 1.54) is 11.3 Å². The lowest BCUT2D eigenvalue weighted by molar-refractivity contribution is 0.374. The molecular weight excluding hydrogens is 326 g/mol. The molecule has 0 saturated carbocycles. The lowest BCUT2D eigenvalue weighted by Gasteiger charge is -2.29. The van der Waals surface area contributed by atoms with Crippen LogP contribution in [-0.2, 0) is 5.41 Å². The summed E-state index contributed by atoms with van der Waals surface area (Å²) >= 11 is 0. The zero-order valence-corrected chi connectivity index (χ0v) is 16.4. The standard InChI is InChI=1S/C22H27NO3/c1-22(2)17-9-7-8-10-18(17)23(3)21(22)12-11-16-19(25-5)13-15(24-4)14-20(16)26-6/h7-14,21H,1-6H3. The number of fused-ring (bicyclic) bond motifs is 1. The summed E-state index contributed by atoms with van der Waals surface area (Å²) in [4.78, 5) is 2.33. The summed E-state index contributed by atoms with van der Waals surface area (Å²) in [7, 11) is 7.10. The molecule has 0 bridgehead atoms. The number of para-hydroxylation sites is 1. The minimum atomic E-state index is 0.00871. The van der Waals surface area contributed by atoms with E-state index in [-0.39, 0.29) is 11.5 Å². The Morgan fingerprint density at radius 3 is 2.12 bits per heavy atom. The molecule has 0 radical (unpaired) electrons. The van der Waals surface area contributed by atoms with Gasteiger partial charge in [-0.3, -0.25) is 0 Å². The Labute approximate surface area is 156 Å². The van der Waals surface area contributed by atoms with Crippen molar-refractivity contribution in [3.63, 3.8) is 0 Å². The molecule has 1 atom stereocenters. The fourth-order valence-electron chi connectivity index (χ4n) is 3.87. The van der Waals surface area contributed by atoms with Crippen LogP contribution in [0.15, 0.2) is 42.5 Å². The summed E-state index contributed by atoms with van der Waals surface area (Å²) in [5.74, 6) is 2.17. The van der Waals surface area contributed by atoms with Crippen LogP contribution >= 0.6 is 0 Å². The monoisotopic (exact) mass is 353 g/mol. The molecule has 0 aliphatic carbocycles. The highest BCUT2D eigenvalue weighted by atomic mass is 16.5. The van der Waals surface area contributed by atoms with Crippen LogP contribution in [0.1, 0.15) is 25.0 Å². The summed E-state index contributed by atoms with van der Waals surface area (Å²) in [5, 5.41) is 0. The summed E-state index contributed by atoms with van der Waals surface area (Å²) < 4.78 is 16.5. The van der Waals surface area contributed by atoms with Crippen molar-refractivity contribution in [2.45, 2.75) is 25.3 Å². The molecule has 138 valence electrons. The number of ether oxygens (including phenoxy) is 3. The molecule has 0 spiro atoms. The number of methoxy groups -OCH3 is 3. The summed E-state index contributed by atoms with van der Waals surface area (Å²) in [5.41, 5.74) is 3.57. The number of likely N-dealkylation sites (N-methyl/N-ethyl adjacent to an activating group) is 1. The average molecular weight is 353 g/mol.